The van der Waals surface area contributed by atoms with E-state index in [1.54, 1.807) is 0 Å². The molecule has 2 aromatic rings. The molecule has 0 heterocycles. The van der Waals surface area contributed by atoms with Gasteiger partial charge in [0, 0.05) is 6.54 Å². The first-order valence-corrected chi connectivity index (χ1v) is 6.68. The SMILES string of the molecule is CNCc1cccc(COc2cc(C)ccc2Cl)c1. The minimum absolute atomic E-state index is 0.528. The fourth-order valence-electron chi connectivity index (χ4n) is 1.92. The van der Waals surface area contributed by atoms with Crippen LogP contribution in [-0.4, -0.2) is 7.05 Å². The summed E-state index contributed by atoms with van der Waals surface area (Å²) in [5, 5.41) is 3.79. The van der Waals surface area contributed by atoms with Crippen molar-refractivity contribution in [3.8, 4) is 5.75 Å². The number of rotatable bonds is 5. The van der Waals surface area contributed by atoms with E-state index in [1.807, 2.05) is 38.2 Å². The molecule has 0 atom stereocenters. The van der Waals surface area contributed by atoms with Crippen LogP contribution in [0.25, 0.3) is 0 Å². The minimum Gasteiger partial charge on any atom is -0.487 e. The van der Waals surface area contributed by atoms with Crippen molar-refractivity contribution >= 4 is 11.6 Å². The van der Waals surface area contributed by atoms with Crippen molar-refractivity contribution in [2.75, 3.05) is 7.05 Å². The molecule has 19 heavy (non-hydrogen) atoms. The number of hydrogen-bond acceptors (Lipinski definition) is 2. The third-order valence-electron chi connectivity index (χ3n) is 2.85. The van der Waals surface area contributed by atoms with E-state index in [4.69, 9.17) is 16.3 Å². The van der Waals surface area contributed by atoms with Crippen molar-refractivity contribution in [2.24, 2.45) is 0 Å². The van der Waals surface area contributed by atoms with Gasteiger partial charge in [0.15, 0.2) is 0 Å². The van der Waals surface area contributed by atoms with Gasteiger partial charge in [-0.3, -0.25) is 0 Å². The summed E-state index contributed by atoms with van der Waals surface area (Å²) in [6, 6.07) is 14.1. The Bertz CT molecular complexity index is 554. The zero-order valence-corrected chi connectivity index (χ0v) is 12.0. The second-order valence-electron chi connectivity index (χ2n) is 4.57. The number of aryl methyl sites for hydroxylation is 1. The van der Waals surface area contributed by atoms with Gasteiger partial charge in [-0.15, -0.1) is 0 Å². The molecule has 0 aliphatic carbocycles. The molecule has 0 radical (unpaired) electrons. The molecule has 2 aromatic carbocycles. The van der Waals surface area contributed by atoms with E-state index in [0.29, 0.717) is 11.6 Å². The zero-order valence-electron chi connectivity index (χ0n) is 11.2. The summed E-state index contributed by atoms with van der Waals surface area (Å²) < 4.78 is 5.78. The number of nitrogens with one attached hydrogen (secondary N) is 1. The van der Waals surface area contributed by atoms with Gasteiger partial charge in [-0.25, -0.2) is 0 Å². The fraction of sp³-hybridized carbons (Fsp3) is 0.250. The van der Waals surface area contributed by atoms with Gasteiger partial charge in [0.05, 0.1) is 5.02 Å². The average Bonchev–Trinajstić information content (AvgIpc) is 2.41. The van der Waals surface area contributed by atoms with Gasteiger partial charge in [0.1, 0.15) is 12.4 Å². The molecular formula is C16H18ClNO. The molecule has 0 bridgehead atoms. The van der Waals surface area contributed by atoms with Crippen molar-refractivity contribution in [1.29, 1.82) is 0 Å². The fourth-order valence-corrected chi connectivity index (χ4v) is 2.09. The Labute approximate surface area is 119 Å². The summed E-state index contributed by atoms with van der Waals surface area (Å²) in [7, 11) is 1.94. The summed E-state index contributed by atoms with van der Waals surface area (Å²) in [6.45, 7) is 3.41. The van der Waals surface area contributed by atoms with Crippen molar-refractivity contribution in [3.05, 3.63) is 64.2 Å². The molecule has 3 heteroatoms. The van der Waals surface area contributed by atoms with Gasteiger partial charge >= 0.3 is 0 Å². The van der Waals surface area contributed by atoms with Gasteiger partial charge in [0.25, 0.3) is 0 Å². The summed E-state index contributed by atoms with van der Waals surface area (Å²) in [6.07, 6.45) is 0. The Morgan fingerprint density at radius 3 is 2.68 bits per heavy atom. The molecule has 0 aliphatic rings. The number of benzene rings is 2. The topological polar surface area (TPSA) is 21.3 Å². The van der Waals surface area contributed by atoms with E-state index < -0.39 is 0 Å². The molecule has 0 saturated carbocycles. The summed E-state index contributed by atoms with van der Waals surface area (Å²) in [4.78, 5) is 0. The van der Waals surface area contributed by atoms with E-state index in [-0.39, 0.29) is 0 Å². The normalized spacial score (nSPS) is 10.5. The largest absolute Gasteiger partial charge is 0.487 e. The van der Waals surface area contributed by atoms with E-state index >= 15 is 0 Å². The van der Waals surface area contributed by atoms with Crippen LogP contribution in [0, 0.1) is 6.92 Å². The highest BCUT2D eigenvalue weighted by Gasteiger charge is 2.03. The van der Waals surface area contributed by atoms with Crippen molar-refractivity contribution in [3.63, 3.8) is 0 Å². The standard InChI is InChI=1S/C16H18ClNO/c1-12-6-7-15(17)16(8-12)19-11-14-5-3-4-13(9-14)10-18-2/h3-9,18H,10-11H2,1-2H3. The highest BCUT2D eigenvalue weighted by Crippen LogP contribution is 2.26. The third-order valence-corrected chi connectivity index (χ3v) is 3.17. The lowest BCUT2D eigenvalue weighted by atomic mass is 10.1. The zero-order chi connectivity index (χ0) is 13.7. The van der Waals surface area contributed by atoms with E-state index in [9.17, 15) is 0 Å². The first kappa shape index (κ1) is 13.9. The highest BCUT2D eigenvalue weighted by molar-refractivity contribution is 6.32. The molecule has 100 valence electrons. The van der Waals surface area contributed by atoms with Gasteiger partial charge in [-0.1, -0.05) is 41.9 Å². The maximum atomic E-state index is 6.11. The van der Waals surface area contributed by atoms with Crippen LogP contribution in [0.4, 0.5) is 0 Å². The van der Waals surface area contributed by atoms with Gasteiger partial charge in [-0.2, -0.15) is 0 Å². The molecule has 0 aliphatic heterocycles. The number of hydrogen-bond donors (Lipinski definition) is 1. The van der Waals surface area contributed by atoms with Crippen LogP contribution in [0.15, 0.2) is 42.5 Å². The molecule has 2 rings (SSSR count). The van der Waals surface area contributed by atoms with Crippen LogP contribution in [0.5, 0.6) is 5.75 Å². The Morgan fingerprint density at radius 1 is 1.11 bits per heavy atom. The first-order chi connectivity index (χ1) is 9.19. The van der Waals surface area contributed by atoms with Crippen LogP contribution >= 0.6 is 11.6 Å². The second kappa shape index (κ2) is 6.60. The summed E-state index contributed by atoms with van der Waals surface area (Å²) in [5.41, 5.74) is 3.53. The molecule has 0 saturated heterocycles. The summed E-state index contributed by atoms with van der Waals surface area (Å²) >= 11 is 6.11. The lowest BCUT2D eigenvalue weighted by molar-refractivity contribution is 0.306. The Hall–Kier alpha value is -1.51. The molecule has 1 N–H and O–H groups in total. The van der Waals surface area contributed by atoms with Crippen LogP contribution in [0.2, 0.25) is 5.02 Å². The maximum absolute atomic E-state index is 6.11. The smallest absolute Gasteiger partial charge is 0.138 e. The van der Waals surface area contributed by atoms with Crippen LogP contribution < -0.4 is 10.1 Å². The molecule has 0 amide bonds. The molecule has 0 fully saturated rings. The maximum Gasteiger partial charge on any atom is 0.138 e. The Balaban J connectivity index is 2.05. The predicted octanol–water partition coefficient (Wildman–Crippen LogP) is 3.95. The number of ether oxygens (including phenoxy) is 1. The summed E-state index contributed by atoms with van der Waals surface area (Å²) in [5.74, 6) is 0.737. The van der Waals surface area contributed by atoms with Crippen LogP contribution in [0.3, 0.4) is 0 Å². The quantitative estimate of drug-likeness (QED) is 0.892. The lowest BCUT2D eigenvalue weighted by Gasteiger charge is -2.10. The third kappa shape index (κ3) is 3.98. The van der Waals surface area contributed by atoms with Crippen LogP contribution in [-0.2, 0) is 13.2 Å². The molecule has 0 unspecified atom stereocenters. The van der Waals surface area contributed by atoms with Gasteiger partial charge in [-0.05, 0) is 42.8 Å². The van der Waals surface area contributed by atoms with E-state index in [2.05, 4.69) is 23.5 Å². The monoisotopic (exact) mass is 275 g/mol. The van der Waals surface area contributed by atoms with Crippen LogP contribution in [0.1, 0.15) is 16.7 Å². The van der Waals surface area contributed by atoms with Crippen molar-refractivity contribution < 1.29 is 4.74 Å². The van der Waals surface area contributed by atoms with E-state index in [1.165, 1.54) is 5.56 Å². The average molecular weight is 276 g/mol. The second-order valence-corrected chi connectivity index (χ2v) is 4.98. The van der Waals surface area contributed by atoms with Crippen molar-refractivity contribution in [1.82, 2.24) is 5.32 Å². The number of halogens is 1. The highest BCUT2D eigenvalue weighted by atomic mass is 35.5. The molecule has 2 nitrogen and oxygen atoms in total. The first-order valence-electron chi connectivity index (χ1n) is 6.30. The Morgan fingerprint density at radius 2 is 1.89 bits per heavy atom. The van der Waals surface area contributed by atoms with Gasteiger partial charge in [0.2, 0.25) is 0 Å². The molecule has 0 spiro atoms. The lowest BCUT2D eigenvalue weighted by Crippen LogP contribution is -2.05. The molecular weight excluding hydrogens is 258 g/mol. The predicted molar refractivity (Wildman–Crippen MR) is 79.7 cm³/mol. The van der Waals surface area contributed by atoms with Gasteiger partial charge < -0.3 is 10.1 Å². The minimum atomic E-state index is 0.528. The van der Waals surface area contributed by atoms with E-state index in [0.717, 1.165) is 23.4 Å². The van der Waals surface area contributed by atoms with Crippen molar-refractivity contribution in [2.45, 2.75) is 20.1 Å². The Kier molecular flexibility index (Phi) is 4.83. The molecule has 0 aromatic heterocycles.